The van der Waals surface area contributed by atoms with Crippen molar-refractivity contribution in [1.29, 1.82) is 0 Å². The normalized spacial score (nSPS) is 13.3. The van der Waals surface area contributed by atoms with Crippen LogP contribution in [-0.4, -0.2) is 40.3 Å². The van der Waals surface area contributed by atoms with E-state index < -0.39 is 6.61 Å². The Bertz CT molecular complexity index is 1090. The van der Waals surface area contributed by atoms with Crippen LogP contribution in [0.15, 0.2) is 46.9 Å². The molecule has 1 aliphatic rings. The van der Waals surface area contributed by atoms with Gasteiger partial charge in [-0.05, 0) is 62.2 Å². The van der Waals surface area contributed by atoms with Crippen LogP contribution in [0.5, 0.6) is 11.5 Å². The molecule has 1 fully saturated rings. The van der Waals surface area contributed by atoms with Crippen molar-refractivity contribution >= 4 is 17.5 Å². The van der Waals surface area contributed by atoms with Crippen molar-refractivity contribution in [2.75, 3.05) is 6.61 Å². The first-order valence-corrected chi connectivity index (χ1v) is 10.4. The molecule has 0 spiro atoms. The molecule has 0 unspecified atom stereocenters. The Labute approximate surface area is 187 Å². The zero-order chi connectivity index (χ0) is 22.7. The molecule has 0 atom stereocenters. The van der Waals surface area contributed by atoms with Crippen molar-refractivity contribution in [3.8, 4) is 23.0 Å². The number of carbonyl (C=O) groups excluding carboxylic acids is 1. The van der Waals surface area contributed by atoms with Gasteiger partial charge in [0.15, 0.2) is 11.5 Å². The number of aromatic nitrogens is 2. The van der Waals surface area contributed by atoms with Gasteiger partial charge in [0.05, 0.1) is 13.2 Å². The van der Waals surface area contributed by atoms with Crippen LogP contribution in [-0.2, 0) is 6.54 Å². The molecule has 4 rings (SSSR count). The highest BCUT2D eigenvalue weighted by Gasteiger charge is 2.34. The van der Waals surface area contributed by atoms with Crippen molar-refractivity contribution in [3.63, 3.8) is 0 Å². The quantitative estimate of drug-likeness (QED) is 0.434. The molecule has 7 nitrogen and oxygen atoms in total. The third-order valence-electron chi connectivity index (χ3n) is 4.82. The second-order valence-corrected chi connectivity index (χ2v) is 7.58. The maximum absolute atomic E-state index is 13.2. The Kier molecular flexibility index (Phi) is 6.55. The summed E-state index contributed by atoms with van der Waals surface area (Å²) in [5.74, 6) is 0.284. The lowest BCUT2D eigenvalue weighted by molar-refractivity contribution is -0.0514. The predicted molar refractivity (Wildman–Crippen MR) is 112 cm³/mol. The van der Waals surface area contributed by atoms with Crippen molar-refractivity contribution in [1.82, 2.24) is 15.1 Å². The standard InChI is InChI=1S/C22H20ClF2N3O4/c1-2-30-18-11-14(5-10-17(18)31-22(24)25)21(29)28(16-8-9-16)12-19-26-27-20(32-19)13-3-6-15(23)7-4-13/h3-7,10-11,16,22H,2,8-9,12H2,1H3. The van der Waals surface area contributed by atoms with Crippen molar-refractivity contribution in [2.24, 2.45) is 0 Å². The fourth-order valence-corrected chi connectivity index (χ4v) is 3.32. The number of carbonyl (C=O) groups is 1. The van der Waals surface area contributed by atoms with Crippen molar-refractivity contribution in [2.45, 2.75) is 39.0 Å². The van der Waals surface area contributed by atoms with E-state index in [1.54, 1.807) is 36.1 Å². The number of ether oxygens (including phenoxy) is 2. The van der Waals surface area contributed by atoms with Gasteiger partial charge in [-0.2, -0.15) is 8.78 Å². The molecule has 0 N–H and O–H groups in total. The number of benzene rings is 2. The first-order chi connectivity index (χ1) is 15.4. The lowest BCUT2D eigenvalue weighted by Gasteiger charge is -2.21. The Morgan fingerprint density at radius 2 is 1.94 bits per heavy atom. The molecular formula is C22H20ClF2N3O4. The first kappa shape index (κ1) is 22.0. The van der Waals surface area contributed by atoms with Crippen LogP contribution in [0.1, 0.15) is 36.0 Å². The summed E-state index contributed by atoms with van der Waals surface area (Å²) < 4.78 is 40.9. The van der Waals surface area contributed by atoms with Gasteiger partial charge in [-0.15, -0.1) is 10.2 Å². The van der Waals surface area contributed by atoms with Crippen LogP contribution in [0.4, 0.5) is 8.78 Å². The molecule has 1 heterocycles. The summed E-state index contributed by atoms with van der Waals surface area (Å²) in [6.45, 7) is -0.918. The minimum Gasteiger partial charge on any atom is -0.490 e. The van der Waals surface area contributed by atoms with E-state index in [1.807, 2.05) is 0 Å². The highest BCUT2D eigenvalue weighted by Crippen LogP contribution is 2.34. The van der Waals surface area contributed by atoms with Gasteiger partial charge in [-0.3, -0.25) is 4.79 Å². The van der Waals surface area contributed by atoms with Gasteiger partial charge in [0.1, 0.15) is 0 Å². The van der Waals surface area contributed by atoms with Gasteiger partial charge in [-0.25, -0.2) is 0 Å². The van der Waals surface area contributed by atoms with Crippen LogP contribution < -0.4 is 9.47 Å². The summed E-state index contributed by atoms with van der Waals surface area (Å²) >= 11 is 5.91. The van der Waals surface area contributed by atoms with E-state index in [-0.39, 0.29) is 42.5 Å². The molecule has 1 aliphatic carbocycles. The summed E-state index contributed by atoms with van der Waals surface area (Å²) in [6.07, 6.45) is 1.71. The topological polar surface area (TPSA) is 77.7 Å². The predicted octanol–water partition coefficient (Wildman–Crippen LogP) is 5.19. The smallest absolute Gasteiger partial charge is 0.387 e. The third kappa shape index (κ3) is 5.16. The Balaban J connectivity index is 1.54. The number of halogens is 3. The van der Waals surface area contributed by atoms with E-state index >= 15 is 0 Å². The van der Waals surface area contributed by atoms with E-state index in [0.717, 1.165) is 12.8 Å². The number of alkyl halides is 2. The molecule has 10 heteroatoms. The zero-order valence-electron chi connectivity index (χ0n) is 17.1. The Morgan fingerprint density at radius 3 is 2.59 bits per heavy atom. The maximum Gasteiger partial charge on any atom is 0.387 e. The monoisotopic (exact) mass is 463 g/mol. The molecule has 1 aromatic heterocycles. The first-order valence-electron chi connectivity index (χ1n) is 10.1. The second kappa shape index (κ2) is 9.52. The van der Waals surface area contributed by atoms with E-state index in [0.29, 0.717) is 22.0 Å². The summed E-state index contributed by atoms with van der Waals surface area (Å²) in [4.78, 5) is 14.8. The van der Waals surface area contributed by atoms with E-state index in [4.69, 9.17) is 20.8 Å². The van der Waals surface area contributed by atoms with Crippen LogP contribution in [0.25, 0.3) is 11.5 Å². The van der Waals surface area contributed by atoms with Crippen molar-refractivity contribution in [3.05, 3.63) is 58.9 Å². The molecule has 1 amide bonds. The highest BCUT2D eigenvalue weighted by molar-refractivity contribution is 6.30. The van der Waals surface area contributed by atoms with Crippen LogP contribution in [0.2, 0.25) is 5.02 Å². The van der Waals surface area contributed by atoms with E-state index in [1.165, 1.54) is 18.2 Å². The Morgan fingerprint density at radius 1 is 1.19 bits per heavy atom. The van der Waals surface area contributed by atoms with E-state index in [9.17, 15) is 13.6 Å². The second-order valence-electron chi connectivity index (χ2n) is 7.15. The minimum absolute atomic E-state index is 0.0425. The fraction of sp³-hybridized carbons (Fsp3) is 0.318. The molecular weight excluding hydrogens is 444 g/mol. The SMILES string of the molecule is CCOc1cc(C(=O)N(Cc2nnc(-c3ccc(Cl)cc3)o2)C2CC2)ccc1OC(F)F. The Hall–Kier alpha value is -3.20. The molecule has 2 aromatic carbocycles. The zero-order valence-corrected chi connectivity index (χ0v) is 17.9. The summed E-state index contributed by atoms with van der Waals surface area (Å²) in [5.41, 5.74) is 1.01. The van der Waals surface area contributed by atoms with E-state index in [2.05, 4.69) is 14.9 Å². The third-order valence-corrected chi connectivity index (χ3v) is 5.07. The molecule has 0 radical (unpaired) electrons. The van der Waals surface area contributed by atoms with Crippen LogP contribution in [0, 0.1) is 0 Å². The number of amides is 1. The molecule has 0 bridgehead atoms. The molecule has 1 saturated carbocycles. The van der Waals surface area contributed by atoms with Crippen LogP contribution >= 0.6 is 11.6 Å². The number of rotatable bonds is 9. The van der Waals surface area contributed by atoms with Crippen molar-refractivity contribution < 1.29 is 27.5 Å². The van der Waals surface area contributed by atoms with Gasteiger partial charge in [0.25, 0.3) is 5.91 Å². The average molecular weight is 464 g/mol. The lowest BCUT2D eigenvalue weighted by Crippen LogP contribution is -2.32. The van der Waals surface area contributed by atoms with Gasteiger partial charge in [-0.1, -0.05) is 11.6 Å². The molecule has 0 saturated heterocycles. The van der Waals surface area contributed by atoms with Gasteiger partial charge in [0.2, 0.25) is 11.8 Å². The number of nitrogens with zero attached hydrogens (tertiary/aromatic N) is 3. The molecule has 32 heavy (non-hydrogen) atoms. The summed E-state index contributed by atoms with van der Waals surface area (Å²) in [5, 5.41) is 8.71. The number of hydrogen-bond donors (Lipinski definition) is 0. The molecule has 168 valence electrons. The lowest BCUT2D eigenvalue weighted by atomic mass is 10.1. The van der Waals surface area contributed by atoms with Gasteiger partial charge in [0, 0.05) is 22.2 Å². The minimum atomic E-state index is -2.99. The maximum atomic E-state index is 13.2. The largest absolute Gasteiger partial charge is 0.490 e. The molecule has 3 aromatic rings. The summed E-state index contributed by atoms with van der Waals surface area (Å²) in [6, 6.07) is 11.2. The molecule has 0 aliphatic heterocycles. The summed E-state index contributed by atoms with van der Waals surface area (Å²) in [7, 11) is 0. The fourth-order valence-electron chi connectivity index (χ4n) is 3.19. The highest BCUT2D eigenvalue weighted by atomic mass is 35.5. The van der Waals surface area contributed by atoms with Gasteiger partial charge >= 0.3 is 6.61 Å². The van der Waals surface area contributed by atoms with Crippen LogP contribution in [0.3, 0.4) is 0 Å². The average Bonchev–Trinajstić information content (AvgIpc) is 3.51. The van der Waals surface area contributed by atoms with Gasteiger partial charge < -0.3 is 18.8 Å². The number of hydrogen-bond acceptors (Lipinski definition) is 6.